The minimum Gasteiger partial charge on any atom is -0.354 e. The summed E-state index contributed by atoms with van der Waals surface area (Å²) in [4.78, 5) is 22.6. The standard InChI is InChI=1S/C29H37FN6O/c1-18(2)27-23-15-22(21-8-13-35(14-9-21)26(37)7-11-31-12-10-30)5-6-25(23)34-28(27)24-16-36-29(32-17-33-36)20(4)19(24)3/h5-6,15-18,21,31,34H,7-14H2,1-4H3. The Labute approximate surface area is 217 Å². The van der Waals surface area contributed by atoms with E-state index in [9.17, 15) is 9.18 Å². The predicted molar refractivity (Wildman–Crippen MR) is 146 cm³/mol. The normalized spacial score (nSPS) is 14.9. The highest BCUT2D eigenvalue weighted by molar-refractivity contribution is 5.92. The molecule has 2 N–H and O–H groups in total. The zero-order valence-electron chi connectivity index (χ0n) is 22.3. The average molecular weight is 505 g/mol. The van der Waals surface area contributed by atoms with Gasteiger partial charge in [-0.1, -0.05) is 19.9 Å². The first-order valence-corrected chi connectivity index (χ1v) is 13.4. The molecule has 7 nitrogen and oxygen atoms in total. The Bertz CT molecular complexity index is 1410. The summed E-state index contributed by atoms with van der Waals surface area (Å²) in [6, 6.07) is 6.82. The van der Waals surface area contributed by atoms with Crippen molar-refractivity contribution in [2.24, 2.45) is 0 Å². The molecule has 196 valence electrons. The molecule has 0 aliphatic carbocycles. The number of nitrogens with one attached hydrogen (secondary N) is 2. The van der Waals surface area contributed by atoms with E-state index in [1.165, 1.54) is 22.1 Å². The fraction of sp³-hybridized carbons (Fsp3) is 0.483. The van der Waals surface area contributed by atoms with E-state index < -0.39 is 6.67 Å². The molecule has 8 heteroatoms. The van der Waals surface area contributed by atoms with Crippen LogP contribution in [0.5, 0.6) is 0 Å². The van der Waals surface area contributed by atoms with Crippen molar-refractivity contribution < 1.29 is 9.18 Å². The Balaban J connectivity index is 1.40. The highest BCUT2D eigenvalue weighted by Crippen LogP contribution is 2.40. The molecule has 0 saturated carbocycles. The Hall–Kier alpha value is -3.26. The summed E-state index contributed by atoms with van der Waals surface area (Å²) in [5.74, 6) is 0.940. The zero-order valence-corrected chi connectivity index (χ0v) is 22.3. The quantitative estimate of drug-likeness (QED) is 0.320. The number of carbonyl (C=O) groups excluding carboxylic acids is 1. The van der Waals surface area contributed by atoms with Crippen LogP contribution in [-0.2, 0) is 4.79 Å². The van der Waals surface area contributed by atoms with E-state index in [-0.39, 0.29) is 5.91 Å². The van der Waals surface area contributed by atoms with E-state index in [0.29, 0.717) is 31.3 Å². The van der Waals surface area contributed by atoms with Crippen molar-refractivity contribution in [1.82, 2.24) is 29.8 Å². The maximum Gasteiger partial charge on any atom is 0.223 e. The van der Waals surface area contributed by atoms with Crippen LogP contribution in [0.1, 0.15) is 67.2 Å². The van der Waals surface area contributed by atoms with Crippen LogP contribution in [0.25, 0.3) is 27.8 Å². The third-order valence-electron chi connectivity index (χ3n) is 7.94. The number of amides is 1. The molecule has 1 fully saturated rings. The largest absolute Gasteiger partial charge is 0.354 e. The highest BCUT2D eigenvalue weighted by Gasteiger charge is 2.25. The van der Waals surface area contributed by atoms with Gasteiger partial charge in [-0.15, -0.1) is 0 Å². The molecule has 1 aliphatic heterocycles. The number of likely N-dealkylation sites (tertiary alicyclic amines) is 1. The van der Waals surface area contributed by atoms with E-state index >= 15 is 0 Å². The lowest BCUT2D eigenvalue weighted by Crippen LogP contribution is -2.39. The molecule has 4 aromatic rings. The van der Waals surface area contributed by atoms with Crippen LogP contribution in [0.2, 0.25) is 0 Å². The third kappa shape index (κ3) is 4.87. The number of benzene rings is 1. The summed E-state index contributed by atoms with van der Waals surface area (Å²) in [6.07, 6.45) is 6.05. The van der Waals surface area contributed by atoms with Gasteiger partial charge in [0.2, 0.25) is 5.91 Å². The van der Waals surface area contributed by atoms with Crippen molar-refractivity contribution in [3.63, 3.8) is 0 Å². The first-order valence-electron chi connectivity index (χ1n) is 13.4. The number of halogens is 1. The summed E-state index contributed by atoms with van der Waals surface area (Å²) < 4.78 is 14.1. The summed E-state index contributed by atoms with van der Waals surface area (Å²) in [6.45, 7) is 10.8. The van der Waals surface area contributed by atoms with Gasteiger partial charge >= 0.3 is 0 Å². The van der Waals surface area contributed by atoms with Gasteiger partial charge in [-0.25, -0.2) is 13.9 Å². The van der Waals surface area contributed by atoms with Crippen LogP contribution < -0.4 is 5.32 Å². The number of piperidine rings is 1. The van der Waals surface area contributed by atoms with Gasteiger partial charge in [0.25, 0.3) is 0 Å². The fourth-order valence-electron chi connectivity index (χ4n) is 5.76. The van der Waals surface area contributed by atoms with Gasteiger partial charge in [-0.3, -0.25) is 4.79 Å². The Morgan fingerprint density at radius 1 is 1.19 bits per heavy atom. The van der Waals surface area contributed by atoms with Crippen molar-refractivity contribution in [2.75, 3.05) is 32.9 Å². The number of rotatable bonds is 8. The van der Waals surface area contributed by atoms with E-state index in [2.05, 4.69) is 72.5 Å². The number of H-pyrrole nitrogens is 1. The second kappa shape index (κ2) is 10.6. The Kier molecular flexibility index (Phi) is 7.29. The van der Waals surface area contributed by atoms with E-state index in [1.54, 1.807) is 6.33 Å². The first-order chi connectivity index (χ1) is 17.9. The molecule has 1 amide bonds. The van der Waals surface area contributed by atoms with E-state index in [4.69, 9.17) is 0 Å². The maximum absolute atomic E-state index is 12.5. The third-order valence-corrected chi connectivity index (χ3v) is 7.94. The summed E-state index contributed by atoms with van der Waals surface area (Å²) >= 11 is 0. The molecule has 37 heavy (non-hydrogen) atoms. The minimum atomic E-state index is -0.401. The van der Waals surface area contributed by atoms with Gasteiger partial charge in [0.05, 0.1) is 5.69 Å². The molecular weight excluding hydrogens is 467 g/mol. The molecule has 0 radical (unpaired) electrons. The van der Waals surface area contributed by atoms with Gasteiger partial charge in [-0.05, 0) is 72.9 Å². The van der Waals surface area contributed by atoms with Crippen LogP contribution in [0.3, 0.4) is 0 Å². The number of alkyl halides is 1. The van der Waals surface area contributed by atoms with Crippen molar-refractivity contribution in [3.05, 3.63) is 53.0 Å². The average Bonchev–Trinajstić information content (AvgIpc) is 3.53. The van der Waals surface area contributed by atoms with Crippen LogP contribution in [0.15, 0.2) is 30.7 Å². The molecule has 3 aromatic heterocycles. The zero-order chi connectivity index (χ0) is 26.1. The molecule has 1 saturated heterocycles. The number of aromatic amines is 1. The fourth-order valence-corrected chi connectivity index (χ4v) is 5.76. The Morgan fingerprint density at radius 2 is 1.97 bits per heavy atom. The summed E-state index contributed by atoms with van der Waals surface area (Å²) in [7, 11) is 0. The number of nitrogens with zero attached hydrogens (tertiary/aromatic N) is 4. The van der Waals surface area contributed by atoms with Crippen LogP contribution in [-0.4, -0.2) is 63.2 Å². The number of hydrogen-bond donors (Lipinski definition) is 2. The molecule has 1 aromatic carbocycles. The number of fused-ring (bicyclic) bond motifs is 2. The summed E-state index contributed by atoms with van der Waals surface area (Å²) in [5, 5.41) is 8.64. The second-order valence-electron chi connectivity index (χ2n) is 10.5. The SMILES string of the molecule is Cc1c(-c2[nH]c3ccc(C4CCN(C(=O)CCNCCF)CC4)cc3c2C(C)C)cn2ncnc2c1C. The van der Waals surface area contributed by atoms with E-state index in [1.807, 2.05) is 9.42 Å². The van der Waals surface area contributed by atoms with Crippen LogP contribution >= 0.6 is 0 Å². The molecule has 0 bridgehead atoms. The molecule has 5 rings (SSSR count). The number of carbonyl (C=O) groups is 1. The number of aromatic nitrogens is 4. The van der Waals surface area contributed by atoms with Gasteiger partial charge in [0.1, 0.15) is 13.0 Å². The molecular formula is C29H37FN6O. The Morgan fingerprint density at radius 3 is 2.70 bits per heavy atom. The van der Waals surface area contributed by atoms with Crippen LogP contribution in [0, 0.1) is 13.8 Å². The van der Waals surface area contributed by atoms with E-state index in [0.717, 1.165) is 53.9 Å². The minimum absolute atomic E-state index is 0.160. The van der Waals surface area contributed by atoms with Crippen LogP contribution in [0.4, 0.5) is 4.39 Å². The molecule has 1 aliphatic rings. The molecule has 0 unspecified atom stereocenters. The smallest absolute Gasteiger partial charge is 0.223 e. The highest BCUT2D eigenvalue weighted by atomic mass is 19.1. The maximum atomic E-state index is 12.5. The second-order valence-corrected chi connectivity index (χ2v) is 10.5. The molecule has 0 spiro atoms. The van der Waals surface area contributed by atoms with Crippen molar-refractivity contribution in [2.45, 2.75) is 58.8 Å². The topological polar surface area (TPSA) is 78.3 Å². The van der Waals surface area contributed by atoms with Gasteiger partial charge in [0.15, 0.2) is 5.65 Å². The molecule has 0 atom stereocenters. The lowest BCUT2D eigenvalue weighted by Gasteiger charge is -2.32. The number of pyridine rings is 1. The van der Waals surface area contributed by atoms with Crippen molar-refractivity contribution >= 4 is 22.5 Å². The van der Waals surface area contributed by atoms with Crippen molar-refractivity contribution in [1.29, 1.82) is 0 Å². The number of aryl methyl sites for hydroxylation is 1. The first kappa shape index (κ1) is 25.4. The lowest BCUT2D eigenvalue weighted by atomic mass is 9.87. The van der Waals surface area contributed by atoms with Gasteiger partial charge in [-0.2, -0.15) is 5.10 Å². The lowest BCUT2D eigenvalue weighted by molar-refractivity contribution is -0.132. The van der Waals surface area contributed by atoms with Gasteiger partial charge < -0.3 is 15.2 Å². The monoisotopic (exact) mass is 504 g/mol. The molecule has 4 heterocycles. The van der Waals surface area contributed by atoms with Crippen molar-refractivity contribution in [3.8, 4) is 11.3 Å². The summed E-state index contributed by atoms with van der Waals surface area (Å²) in [5.41, 5.74) is 9.38. The predicted octanol–water partition coefficient (Wildman–Crippen LogP) is 5.27. The number of hydrogen-bond acceptors (Lipinski definition) is 4. The van der Waals surface area contributed by atoms with Gasteiger partial charge in [0, 0.05) is 55.3 Å².